The van der Waals surface area contributed by atoms with Crippen LogP contribution in [-0.2, 0) is 14.6 Å². The quantitative estimate of drug-likeness (QED) is 0.748. The topological polar surface area (TPSA) is 95.0 Å². The van der Waals surface area contributed by atoms with E-state index in [2.05, 4.69) is 6.58 Å². The zero-order chi connectivity index (χ0) is 16.2. The molecule has 1 aliphatic rings. The molecule has 0 aromatic heterocycles. The molecule has 7 nitrogen and oxygen atoms in total. The molecule has 8 heteroatoms. The number of carbonyl (C=O) groups excluding carboxylic acids is 1. The van der Waals surface area contributed by atoms with Crippen LogP contribution in [-0.4, -0.2) is 72.0 Å². The molecule has 0 bridgehead atoms. The highest BCUT2D eigenvalue weighted by atomic mass is 32.2. The van der Waals surface area contributed by atoms with E-state index in [1.165, 1.54) is 4.90 Å². The fourth-order valence-corrected chi connectivity index (χ4v) is 3.85. The highest BCUT2D eigenvalue weighted by Crippen LogP contribution is 2.18. The average Bonchev–Trinajstić information content (AvgIpc) is 2.33. The normalized spacial score (nSPS) is 21.1. The Labute approximate surface area is 125 Å². The first-order valence-corrected chi connectivity index (χ1v) is 8.60. The smallest absolute Gasteiger partial charge is 0.320 e. The van der Waals surface area contributed by atoms with Crippen LogP contribution in [0.4, 0.5) is 4.79 Å². The third-order valence-electron chi connectivity index (χ3n) is 3.38. The minimum atomic E-state index is -3.30. The monoisotopic (exact) mass is 318 g/mol. The van der Waals surface area contributed by atoms with Crippen LogP contribution in [0.3, 0.4) is 0 Å². The molecule has 0 aromatic rings. The number of rotatable bonds is 5. The highest BCUT2D eigenvalue weighted by molar-refractivity contribution is 7.91. The van der Waals surface area contributed by atoms with E-state index in [1.807, 2.05) is 13.8 Å². The Morgan fingerprint density at radius 2 is 2.10 bits per heavy atom. The van der Waals surface area contributed by atoms with Crippen LogP contribution < -0.4 is 0 Å². The maximum atomic E-state index is 12.5. The molecule has 2 amide bonds. The van der Waals surface area contributed by atoms with E-state index in [1.54, 1.807) is 11.0 Å². The van der Waals surface area contributed by atoms with Crippen molar-refractivity contribution >= 4 is 21.8 Å². The van der Waals surface area contributed by atoms with Crippen molar-refractivity contribution in [2.75, 3.05) is 24.6 Å². The third kappa shape index (κ3) is 4.73. The van der Waals surface area contributed by atoms with Crippen molar-refractivity contribution in [1.29, 1.82) is 0 Å². The van der Waals surface area contributed by atoms with Gasteiger partial charge in [-0.25, -0.2) is 13.2 Å². The lowest BCUT2D eigenvalue weighted by atomic mass is 10.2. The summed E-state index contributed by atoms with van der Waals surface area (Å²) in [6, 6.07) is -1.25. The average molecular weight is 318 g/mol. The first kappa shape index (κ1) is 17.5. The van der Waals surface area contributed by atoms with Crippen LogP contribution in [0, 0.1) is 0 Å². The van der Waals surface area contributed by atoms with Gasteiger partial charge in [-0.05, 0) is 13.8 Å². The summed E-state index contributed by atoms with van der Waals surface area (Å²) < 4.78 is 23.4. The zero-order valence-electron chi connectivity index (χ0n) is 12.4. The van der Waals surface area contributed by atoms with Crippen LogP contribution in [0.5, 0.6) is 0 Å². The molecular weight excluding hydrogens is 296 g/mol. The summed E-state index contributed by atoms with van der Waals surface area (Å²) in [5.41, 5.74) is 0. The van der Waals surface area contributed by atoms with Gasteiger partial charge in [-0.3, -0.25) is 4.79 Å². The molecule has 0 radical (unpaired) electrons. The first-order valence-electron chi connectivity index (χ1n) is 6.78. The molecule has 1 fully saturated rings. The molecule has 1 heterocycles. The maximum Gasteiger partial charge on any atom is 0.320 e. The molecule has 0 aliphatic carbocycles. The van der Waals surface area contributed by atoms with Gasteiger partial charge in [0, 0.05) is 19.1 Å². The van der Waals surface area contributed by atoms with Crippen molar-refractivity contribution in [1.82, 2.24) is 9.80 Å². The van der Waals surface area contributed by atoms with E-state index in [9.17, 15) is 18.0 Å². The van der Waals surface area contributed by atoms with Crippen LogP contribution in [0.1, 0.15) is 20.3 Å². The molecule has 21 heavy (non-hydrogen) atoms. The lowest BCUT2D eigenvalue weighted by Crippen LogP contribution is -2.57. The molecule has 1 rings (SSSR count). The van der Waals surface area contributed by atoms with Gasteiger partial charge in [-0.1, -0.05) is 6.08 Å². The zero-order valence-corrected chi connectivity index (χ0v) is 13.2. The van der Waals surface area contributed by atoms with Crippen molar-refractivity contribution in [2.24, 2.45) is 0 Å². The number of carbonyl (C=O) groups is 2. The maximum absolute atomic E-state index is 12.5. The second kappa shape index (κ2) is 6.93. The molecular formula is C13H22N2O5S. The molecule has 0 spiro atoms. The number of sulfone groups is 1. The predicted octanol–water partition coefficient (Wildman–Crippen LogP) is 0.577. The molecule has 0 saturated carbocycles. The first-order chi connectivity index (χ1) is 9.68. The van der Waals surface area contributed by atoms with Crippen LogP contribution in [0.2, 0.25) is 0 Å². The summed E-state index contributed by atoms with van der Waals surface area (Å²) in [5, 5.41) is 8.92. The van der Waals surface area contributed by atoms with Crippen LogP contribution in [0.15, 0.2) is 12.7 Å². The van der Waals surface area contributed by atoms with Gasteiger partial charge in [-0.2, -0.15) is 0 Å². The Kier molecular flexibility index (Phi) is 5.77. The van der Waals surface area contributed by atoms with E-state index in [0.717, 1.165) is 0 Å². The van der Waals surface area contributed by atoms with Gasteiger partial charge < -0.3 is 14.9 Å². The van der Waals surface area contributed by atoms with E-state index in [-0.39, 0.29) is 36.5 Å². The molecule has 1 atom stereocenters. The lowest BCUT2D eigenvalue weighted by molar-refractivity contribution is -0.138. The van der Waals surface area contributed by atoms with Gasteiger partial charge >= 0.3 is 12.0 Å². The Morgan fingerprint density at radius 3 is 2.57 bits per heavy atom. The van der Waals surface area contributed by atoms with Gasteiger partial charge in [0.2, 0.25) is 0 Å². The van der Waals surface area contributed by atoms with Gasteiger partial charge in [0.1, 0.15) is 0 Å². The van der Waals surface area contributed by atoms with Crippen molar-refractivity contribution in [2.45, 2.75) is 32.4 Å². The number of hydrogen-bond donors (Lipinski definition) is 1. The summed E-state index contributed by atoms with van der Waals surface area (Å²) in [6.07, 6.45) is 1.22. The number of aliphatic carboxylic acids is 1. The Balaban J connectivity index is 2.97. The van der Waals surface area contributed by atoms with Crippen molar-refractivity contribution < 1.29 is 23.1 Å². The number of urea groups is 1. The van der Waals surface area contributed by atoms with E-state index in [4.69, 9.17) is 5.11 Å². The van der Waals surface area contributed by atoms with Crippen LogP contribution >= 0.6 is 0 Å². The third-order valence-corrected chi connectivity index (χ3v) is 5.08. The molecule has 1 saturated heterocycles. The van der Waals surface area contributed by atoms with Crippen LogP contribution in [0.25, 0.3) is 0 Å². The Morgan fingerprint density at radius 1 is 1.48 bits per heavy atom. The number of amides is 2. The number of hydrogen-bond acceptors (Lipinski definition) is 4. The number of nitrogens with zero attached hydrogens (tertiary/aromatic N) is 2. The molecule has 120 valence electrons. The summed E-state index contributed by atoms with van der Waals surface area (Å²) in [5.74, 6) is -1.55. The minimum absolute atomic E-state index is 0.0273. The summed E-state index contributed by atoms with van der Waals surface area (Å²) in [6.45, 7) is 7.64. The SMILES string of the molecule is C=CCN(C(=O)N1CCS(=O)(=O)CC1CC(=O)O)C(C)C. The molecule has 1 unspecified atom stereocenters. The van der Waals surface area contributed by atoms with Crippen molar-refractivity contribution in [3.05, 3.63) is 12.7 Å². The molecule has 0 aromatic carbocycles. The summed E-state index contributed by atoms with van der Waals surface area (Å²) >= 11 is 0. The minimum Gasteiger partial charge on any atom is -0.481 e. The molecule has 1 aliphatic heterocycles. The van der Waals surface area contributed by atoms with Gasteiger partial charge in [0.05, 0.1) is 24.0 Å². The summed E-state index contributed by atoms with van der Waals surface area (Å²) in [7, 11) is -3.30. The summed E-state index contributed by atoms with van der Waals surface area (Å²) in [4.78, 5) is 26.4. The second-order valence-electron chi connectivity index (χ2n) is 5.38. The fraction of sp³-hybridized carbons (Fsp3) is 0.692. The Hall–Kier alpha value is -1.57. The van der Waals surface area contributed by atoms with Crippen molar-refractivity contribution in [3.8, 4) is 0 Å². The predicted molar refractivity (Wildman–Crippen MR) is 78.8 cm³/mol. The van der Waals surface area contributed by atoms with E-state index < -0.39 is 21.8 Å². The van der Waals surface area contributed by atoms with Gasteiger partial charge in [0.15, 0.2) is 9.84 Å². The largest absolute Gasteiger partial charge is 0.481 e. The van der Waals surface area contributed by atoms with Gasteiger partial charge in [-0.15, -0.1) is 6.58 Å². The standard InChI is InChI=1S/C13H22N2O5S/c1-4-5-14(10(2)3)13(18)15-6-7-21(19,20)9-11(15)8-12(16)17/h4,10-11H,1,5-9H2,2-3H3,(H,16,17). The number of carboxylic acids is 1. The van der Waals surface area contributed by atoms with Gasteiger partial charge in [0.25, 0.3) is 0 Å². The Bertz CT molecular complexity index is 515. The molecule has 1 N–H and O–H groups in total. The van der Waals surface area contributed by atoms with E-state index in [0.29, 0.717) is 6.54 Å². The van der Waals surface area contributed by atoms with E-state index >= 15 is 0 Å². The van der Waals surface area contributed by atoms with Crippen molar-refractivity contribution in [3.63, 3.8) is 0 Å². The second-order valence-corrected chi connectivity index (χ2v) is 7.61. The fourth-order valence-electron chi connectivity index (χ4n) is 2.32. The lowest BCUT2D eigenvalue weighted by Gasteiger charge is -2.39. The number of carboxylic acid groups (broad SMARTS) is 1. The highest BCUT2D eigenvalue weighted by Gasteiger charge is 2.37.